The van der Waals surface area contributed by atoms with E-state index in [1.54, 1.807) is 0 Å². The van der Waals surface area contributed by atoms with Crippen LogP contribution in [0.2, 0.25) is 0 Å². The molecular weight excluding hydrogens is 210 g/mol. The van der Waals surface area contributed by atoms with E-state index in [4.69, 9.17) is 4.42 Å². The van der Waals surface area contributed by atoms with Crippen molar-refractivity contribution in [2.75, 3.05) is 0 Å². The standard InChI is InChI=1S/C15H13NO/c1-2-15-16-13-10-12(8-9-14(13)17-15)11-6-4-3-5-7-11/h3-10H,2H2,1H3. The number of rotatable bonds is 2. The maximum Gasteiger partial charge on any atom is 0.195 e. The molecule has 0 atom stereocenters. The zero-order valence-electron chi connectivity index (χ0n) is 9.68. The summed E-state index contributed by atoms with van der Waals surface area (Å²) in [5.74, 6) is 0.796. The molecule has 2 aromatic carbocycles. The van der Waals surface area contributed by atoms with Crippen molar-refractivity contribution < 1.29 is 4.42 Å². The van der Waals surface area contributed by atoms with E-state index in [0.29, 0.717) is 0 Å². The Kier molecular flexibility index (Phi) is 2.41. The van der Waals surface area contributed by atoms with Gasteiger partial charge in [0.05, 0.1) is 0 Å². The lowest BCUT2D eigenvalue weighted by Crippen LogP contribution is -1.78. The summed E-state index contributed by atoms with van der Waals surface area (Å²) in [4.78, 5) is 4.45. The van der Waals surface area contributed by atoms with Gasteiger partial charge in [-0.2, -0.15) is 0 Å². The molecule has 0 aliphatic heterocycles. The molecule has 2 nitrogen and oxygen atoms in total. The van der Waals surface area contributed by atoms with E-state index >= 15 is 0 Å². The fraction of sp³-hybridized carbons (Fsp3) is 0.133. The molecule has 0 aliphatic rings. The number of aryl methyl sites for hydroxylation is 1. The van der Waals surface area contributed by atoms with Crippen molar-refractivity contribution in [2.45, 2.75) is 13.3 Å². The zero-order valence-corrected chi connectivity index (χ0v) is 9.68. The van der Waals surface area contributed by atoms with Crippen molar-refractivity contribution in [3.8, 4) is 11.1 Å². The molecule has 0 bridgehead atoms. The number of nitrogens with zero attached hydrogens (tertiary/aromatic N) is 1. The molecule has 0 spiro atoms. The number of fused-ring (bicyclic) bond motifs is 1. The molecule has 84 valence electrons. The average molecular weight is 223 g/mol. The fourth-order valence-electron chi connectivity index (χ4n) is 1.94. The summed E-state index contributed by atoms with van der Waals surface area (Å²) >= 11 is 0. The van der Waals surface area contributed by atoms with Gasteiger partial charge in [0.25, 0.3) is 0 Å². The van der Waals surface area contributed by atoms with Crippen LogP contribution in [0.15, 0.2) is 52.9 Å². The van der Waals surface area contributed by atoms with Crippen molar-refractivity contribution in [1.82, 2.24) is 4.98 Å². The Bertz CT molecular complexity index is 640. The minimum Gasteiger partial charge on any atom is -0.441 e. The van der Waals surface area contributed by atoms with E-state index in [-0.39, 0.29) is 0 Å². The lowest BCUT2D eigenvalue weighted by molar-refractivity contribution is 0.538. The van der Waals surface area contributed by atoms with Crippen LogP contribution in [0.4, 0.5) is 0 Å². The second-order valence-electron chi connectivity index (χ2n) is 4.01. The van der Waals surface area contributed by atoms with Gasteiger partial charge in [0, 0.05) is 6.42 Å². The van der Waals surface area contributed by atoms with Crippen molar-refractivity contribution >= 4 is 11.1 Å². The predicted molar refractivity (Wildman–Crippen MR) is 68.8 cm³/mol. The molecule has 0 saturated carbocycles. The smallest absolute Gasteiger partial charge is 0.195 e. The Labute approximate surface area is 99.9 Å². The zero-order chi connectivity index (χ0) is 11.7. The first-order chi connectivity index (χ1) is 8.36. The highest BCUT2D eigenvalue weighted by Gasteiger charge is 2.05. The highest BCUT2D eigenvalue weighted by atomic mass is 16.3. The third-order valence-corrected chi connectivity index (χ3v) is 2.84. The van der Waals surface area contributed by atoms with Crippen LogP contribution in [0.25, 0.3) is 22.2 Å². The molecule has 2 heteroatoms. The monoisotopic (exact) mass is 223 g/mol. The number of hydrogen-bond acceptors (Lipinski definition) is 2. The van der Waals surface area contributed by atoms with Gasteiger partial charge in [0.2, 0.25) is 0 Å². The first kappa shape index (κ1) is 10.1. The van der Waals surface area contributed by atoms with Gasteiger partial charge in [-0.25, -0.2) is 4.98 Å². The van der Waals surface area contributed by atoms with Gasteiger partial charge in [-0.15, -0.1) is 0 Å². The number of oxazole rings is 1. The second kappa shape index (κ2) is 4.06. The molecule has 1 heterocycles. The van der Waals surface area contributed by atoms with Crippen LogP contribution in [0.3, 0.4) is 0 Å². The maximum absolute atomic E-state index is 5.60. The molecule has 3 rings (SSSR count). The van der Waals surface area contributed by atoms with E-state index in [2.05, 4.69) is 29.2 Å². The average Bonchev–Trinajstić information content (AvgIpc) is 2.81. The van der Waals surface area contributed by atoms with Crippen LogP contribution in [0, 0.1) is 0 Å². The molecule has 0 saturated heterocycles. The summed E-state index contributed by atoms with van der Waals surface area (Å²) in [5.41, 5.74) is 4.18. The number of benzene rings is 2. The van der Waals surface area contributed by atoms with Gasteiger partial charge >= 0.3 is 0 Å². The molecule has 0 radical (unpaired) electrons. The van der Waals surface area contributed by atoms with Gasteiger partial charge in [-0.05, 0) is 23.3 Å². The minimum absolute atomic E-state index is 0.796. The Morgan fingerprint density at radius 3 is 2.59 bits per heavy atom. The SMILES string of the molecule is CCc1nc2cc(-c3ccccc3)ccc2o1. The van der Waals surface area contributed by atoms with Gasteiger partial charge in [-0.1, -0.05) is 43.3 Å². The molecule has 0 unspecified atom stereocenters. The third kappa shape index (κ3) is 1.82. The van der Waals surface area contributed by atoms with E-state index < -0.39 is 0 Å². The summed E-state index contributed by atoms with van der Waals surface area (Å²) in [6, 6.07) is 16.4. The van der Waals surface area contributed by atoms with Gasteiger partial charge in [0.1, 0.15) is 5.52 Å². The van der Waals surface area contributed by atoms with Crippen LogP contribution in [0.5, 0.6) is 0 Å². The Balaban J connectivity index is 2.13. The second-order valence-corrected chi connectivity index (χ2v) is 4.01. The molecule has 0 N–H and O–H groups in total. The fourth-order valence-corrected chi connectivity index (χ4v) is 1.94. The number of hydrogen-bond donors (Lipinski definition) is 0. The summed E-state index contributed by atoms with van der Waals surface area (Å²) in [6.07, 6.45) is 0.829. The van der Waals surface area contributed by atoms with Crippen LogP contribution in [0.1, 0.15) is 12.8 Å². The highest BCUT2D eigenvalue weighted by molar-refractivity contribution is 5.80. The van der Waals surface area contributed by atoms with Gasteiger partial charge in [0.15, 0.2) is 11.5 Å². The van der Waals surface area contributed by atoms with E-state index in [0.717, 1.165) is 23.4 Å². The predicted octanol–water partition coefficient (Wildman–Crippen LogP) is 4.06. The molecule has 0 amide bonds. The topological polar surface area (TPSA) is 26.0 Å². The lowest BCUT2D eigenvalue weighted by atomic mass is 10.1. The molecule has 0 fully saturated rings. The summed E-state index contributed by atoms with van der Waals surface area (Å²) in [5, 5.41) is 0. The van der Waals surface area contributed by atoms with Gasteiger partial charge in [-0.3, -0.25) is 0 Å². The third-order valence-electron chi connectivity index (χ3n) is 2.84. The minimum atomic E-state index is 0.796. The molecule has 17 heavy (non-hydrogen) atoms. The van der Waals surface area contributed by atoms with Crippen LogP contribution in [-0.4, -0.2) is 4.98 Å². The number of aromatic nitrogens is 1. The molecule has 3 aromatic rings. The van der Waals surface area contributed by atoms with E-state index in [9.17, 15) is 0 Å². The summed E-state index contributed by atoms with van der Waals surface area (Å²) in [6.45, 7) is 2.04. The van der Waals surface area contributed by atoms with E-state index in [1.165, 1.54) is 11.1 Å². The first-order valence-corrected chi connectivity index (χ1v) is 5.81. The van der Waals surface area contributed by atoms with Crippen molar-refractivity contribution in [2.24, 2.45) is 0 Å². The Morgan fingerprint density at radius 2 is 1.82 bits per heavy atom. The molecule has 1 aromatic heterocycles. The highest BCUT2D eigenvalue weighted by Crippen LogP contribution is 2.24. The maximum atomic E-state index is 5.60. The molecular formula is C15H13NO. The van der Waals surface area contributed by atoms with Crippen molar-refractivity contribution in [1.29, 1.82) is 0 Å². The van der Waals surface area contributed by atoms with Crippen LogP contribution in [-0.2, 0) is 6.42 Å². The quantitative estimate of drug-likeness (QED) is 0.654. The Hall–Kier alpha value is -2.09. The first-order valence-electron chi connectivity index (χ1n) is 5.81. The van der Waals surface area contributed by atoms with E-state index in [1.807, 2.05) is 31.2 Å². The van der Waals surface area contributed by atoms with Crippen molar-refractivity contribution in [3.05, 3.63) is 54.4 Å². The largest absolute Gasteiger partial charge is 0.441 e. The Morgan fingerprint density at radius 1 is 1.00 bits per heavy atom. The van der Waals surface area contributed by atoms with Crippen molar-refractivity contribution in [3.63, 3.8) is 0 Å². The van der Waals surface area contributed by atoms with Crippen LogP contribution < -0.4 is 0 Å². The normalized spacial score (nSPS) is 10.9. The van der Waals surface area contributed by atoms with Gasteiger partial charge < -0.3 is 4.42 Å². The molecule has 0 aliphatic carbocycles. The summed E-state index contributed by atoms with van der Waals surface area (Å²) in [7, 11) is 0. The lowest BCUT2D eigenvalue weighted by Gasteiger charge is -1.99. The van der Waals surface area contributed by atoms with Crippen LogP contribution >= 0.6 is 0 Å². The summed E-state index contributed by atoms with van der Waals surface area (Å²) < 4.78 is 5.60.